The average Bonchev–Trinajstić information content (AvgIpc) is 2.71. The number of ether oxygens (including phenoxy) is 3. The van der Waals surface area contributed by atoms with Gasteiger partial charge in [-0.3, -0.25) is 10.1 Å². The molecule has 0 saturated carbocycles. The van der Waals surface area contributed by atoms with E-state index in [4.69, 9.17) is 14.2 Å². The van der Waals surface area contributed by atoms with Crippen LogP contribution in [0.4, 0.5) is 5.69 Å². The second-order valence-electron chi connectivity index (χ2n) is 5.77. The fourth-order valence-corrected chi connectivity index (χ4v) is 2.26. The highest BCUT2D eigenvalue weighted by molar-refractivity contribution is 6.03. The molecule has 8 nitrogen and oxygen atoms in total. The van der Waals surface area contributed by atoms with Crippen molar-refractivity contribution < 1.29 is 28.7 Å². The maximum Gasteiger partial charge on any atom is 0.339 e. The van der Waals surface area contributed by atoms with E-state index in [2.05, 4.69) is 0 Å². The van der Waals surface area contributed by atoms with Crippen molar-refractivity contribution >= 4 is 17.6 Å². The van der Waals surface area contributed by atoms with E-state index in [-0.39, 0.29) is 30.0 Å². The maximum absolute atomic E-state index is 12.3. The first-order valence-corrected chi connectivity index (χ1v) is 8.83. The van der Waals surface area contributed by atoms with Crippen LogP contribution < -0.4 is 4.74 Å². The molecular weight excluding hydrogens is 366 g/mol. The van der Waals surface area contributed by atoms with Crippen LogP contribution in [0.5, 0.6) is 5.75 Å². The molecule has 0 amide bonds. The zero-order valence-electron chi connectivity index (χ0n) is 15.5. The van der Waals surface area contributed by atoms with E-state index in [0.717, 1.165) is 12.8 Å². The zero-order valence-corrected chi connectivity index (χ0v) is 15.5. The molecule has 8 heteroatoms. The molecule has 0 radical (unpaired) electrons. The van der Waals surface area contributed by atoms with Crippen LogP contribution in [0.2, 0.25) is 0 Å². The molecule has 0 heterocycles. The molecule has 0 aliphatic heterocycles. The number of non-ortho nitro benzene ring substituents is 1. The van der Waals surface area contributed by atoms with Crippen LogP contribution >= 0.6 is 0 Å². The third-order valence-corrected chi connectivity index (χ3v) is 3.73. The quantitative estimate of drug-likeness (QED) is 0.264. The molecule has 0 fully saturated rings. The summed E-state index contributed by atoms with van der Waals surface area (Å²) in [5.74, 6) is -0.806. The molecule has 2 aromatic carbocycles. The van der Waals surface area contributed by atoms with Crippen LogP contribution in [0, 0.1) is 10.1 Å². The van der Waals surface area contributed by atoms with Gasteiger partial charge >= 0.3 is 11.9 Å². The highest BCUT2D eigenvalue weighted by Crippen LogP contribution is 2.17. The van der Waals surface area contributed by atoms with E-state index in [1.54, 1.807) is 12.1 Å². The Morgan fingerprint density at radius 3 is 2.00 bits per heavy atom. The first kappa shape index (κ1) is 20.9. The Morgan fingerprint density at radius 2 is 1.46 bits per heavy atom. The summed E-state index contributed by atoms with van der Waals surface area (Å²) in [5, 5.41) is 10.6. The van der Waals surface area contributed by atoms with Crippen LogP contribution in [0.3, 0.4) is 0 Å². The van der Waals surface area contributed by atoms with Crippen LogP contribution in [0.1, 0.15) is 40.5 Å². The minimum atomic E-state index is -0.657. The second kappa shape index (κ2) is 10.7. The fourth-order valence-electron chi connectivity index (χ4n) is 2.26. The molecule has 148 valence electrons. The van der Waals surface area contributed by atoms with E-state index in [9.17, 15) is 19.7 Å². The Morgan fingerprint density at radius 1 is 0.893 bits per heavy atom. The molecule has 0 spiro atoms. The summed E-state index contributed by atoms with van der Waals surface area (Å²) in [4.78, 5) is 34.5. The van der Waals surface area contributed by atoms with Gasteiger partial charge in [0.25, 0.3) is 5.69 Å². The Labute approximate surface area is 162 Å². The highest BCUT2D eigenvalue weighted by atomic mass is 16.6. The summed E-state index contributed by atoms with van der Waals surface area (Å²) in [6.07, 6.45) is 1.64. The number of unbranched alkanes of at least 4 members (excludes halogenated alkanes) is 1. The predicted molar refractivity (Wildman–Crippen MR) is 101 cm³/mol. The van der Waals surface area contributed by atoms with Crippen molar-refractivity contribution in [2.45, 2.75) is 19.8 Å². The van der Waals surface area contributed by atoms with Gasteiger partial charge in [-0.1, -0.05) is 25.5 Å². The molecule has 28 heavy (non-hydrogen) atoms. The van der Waals surface area contributed by atoms with Crippen molar-refractivity contribution in [2.24, 2.45) is 0 Å². The molecule has 0 saturated heterocycles. The summed E-state index contributed by atoms with van der Waals surface area (Å²) in [5.41, 5.74) is 0.237. The highest BCUT2D eigenvalue weighted by Gasteiger charge is 2.18. The van der Waals surface area contributed by atoms with Crippen LogP contribution in [0.15, 0.2) is 48.5 Å². The first-order chi connectivity index (χ1) is 13.5. The van der Waals surface area contributed by atoms with Crippen LogP contribution in [-0.2, 0) is 9.47 Å². The van der Waals surface area contributed by atoms with Gasteiger partial charge in [0.15, 0.2) is 0 Å². The summed E-state index contributed by atoms with van der Waals surface area (Å²) in [7, 11) is 0. The average molecular weight is 387 g/mol. The predicted octanol–water partition coefficient (Wildman–Crippen LogP) is 3.79. The van der Waals surface area contributed by atoms with E-state index >= 15 is 0 Å². The van der Waals surface area contributed by atoms with E-state index < -0.39 is 16.9 Å². The first-order valence-electron chi connectivity index (χ1n) is 8.83. The van der Waals surface area contributed by atoms with Gasteiger partial charge in [0, 0.05) is 12.1 Å². The zero-order chi connectivity index (χ0) is 20.4. The normalized spacial score (nSPS) is 10.2. The Hall–Kier alpha value is -3.42. The Kier molecular flexibility index (Phi) is 7.95. The van der Waals surface area contributed by atoms with E-state index in [1.165, 1.54) is 36.4 Å². The van der Waals surface area contributed by atoms with Gasteiger partial charge in [-0.15, -0.1) is 0 Å². The lowest BCUT2D eigenvalue weighted by Crippen LogP contribution is -2.17. The molecule has 0 atom stereocenters. The number of benzene rings is 2. The molecule has 2 aromatic rings. The lowest BCUT2D eigenvalue weighted by atomic mass is 10.1. The minimum absolute atomic E-state index is 0.0405. The fraction of sp³-hybridized carbons (Fsp3) is 0.300. The van der Waals surface area contributed by atoms with Crippen molar-refractivity contribution in [2.75, 3.05) is 19.8 Å². The maximum atomic E-state index is 12.3. The Balaban J connectivity index is 1.86. The molecular formula is C20H21NO7. The third-order valence-electron chi connectivity index (χ3n) is 3.73. The van der Waals surface area contributed by atoms with Crippen LogP contribution in [0.25, 0.3) is 0 Å². The molecule has 0 aromatic heterocycles. The largest absolute Gasteiger partial charge is 0.490 e. The summed E-state index contributed by atoms with van der Waals surface area (Å²) in [6.45, 7) is 2.29. The van der Waals surface area contributed by atoms with E-state index in [1.807, 2.05) is 6.92 Å². The van der Waals surface area contributed by atoms with Gasteiger partial charge < -0.3 is 14.2 Å². The topological polar surface area (TPSA) is 105 Å². The monoisotopic (exact) mass is 387 g/mol. The number of nitro benzene ring substituents is 1. The van der Waals surface area contributed by atoms with Crippen molar-refractivity contribution in [1.29, 1.82) is 0 Å². The summed E-state index contributed by atoms with van der Waals surface area (Å²) >= 11 is 0. The van der Waals surface area contributed by atoms with Crippen LogP contribution in [-0.4, -0.2) is 36.7 Å². The number of esters is 2. The smallest absolute Gasteiger partial charge is 0.339 e. The Bertz CT molecular complexity index is 818. The number of carbonyl (C=O) groups excluding carboxylic acids is 2. The van der Waals surface area contributed by atoms with Crippen molar-refractivity contribution in [3.8, 4) is 5.75 Å². The van der Waals surface area contributed by atoms with Crippen molar-refractivity contribution in [3.63, 3.8) is 0 Å². The molecule has 0 bridgehead atoms. The van der Waals surface area contributed by atoms with E-state index in [0.29, 0.717) is 12.4 Å². The van der Waals surface area contributed by atoms with Gasteiger partial charge in [0.05, 0.1) is 22.7 Å². The van der Waals surface area contributed by atoms with Gasteiger partial charge in [0.1, 0.15) is 19.0 Å². The molecule has 0 aliphatic rings. The second-order valence-corrected chi connectivity index (χ2v) is 5.77. The number of hydrogen-bond donors (Lipinski definition) is 0. The van der Waals surface area contributed by atoms with Gasteiger partial charge in [-0.25, -0.2) is 9.59 Å². The molecule has 0 unspecified atom stereocenters. The third kappa shape index (κ3) is 6.08. The minimum Gasteiger partial charge on any atom is -0.490 e. The number of nitrogens with zero attached hydrogens (tertiary/aromatic N) is 1. The number of carbonyl (C=O) groups is 2. The lowest BCUT2D eigenvalue weighted by molar-refractivity contribution is -0.384. The van der Waals surface area contributed by atoms with Crippen molar-refractivity contribution in [1.82, 2.24) is 0 Å². The molecule has 2 rings (SSSR count). The summed E-state index contributed by atoms with van der Waals surface area (Å²) < 4.78 is 15.7. The summed E-state index contributed by atoms with van der Waals surface area (Å²) in [6, 6.07) is 11.8. The standard InChI is InChI=1S/C20H21NO7/c1-2-3-12-27-19(22)17-6-4-5-7-18(17)20(23)28-14-13-26-16-10-8-15(9-11-16)21(24)25/h4-11H,2-3,12-14H2,1H3. The molecule has 0 N–H and O–H groups in total. The van der Waals surface area contributed by atoms with Gasteiger partial charge in [-0.2, -0.15) is 0 Å². The molecule has 0 aliphatic carbocycles. The number of rotatable bonds is 10. The SMILES string of the molecule is CCCCOC(=O)c1ccccc1C(=O)OCCOc1ccc([N+](=O)[O-])cc1. The number of hydrogen-bond acceptors (Lipinski definition) is 7. The van der Waals surface area contributed by atoms with Gasteiger partial charge in [-0.05, 0) is 30.7 Å². The van der Waals surface area contributed by atoms with Crippen molar-refractivity contribution in [3.05, 3.63) is 69.8 Å². The lowest BCUT2D eigenvalue weighted by Gasteiger charge is -2.10. The number of nitro groups is 1. The van der Waals surface area contributed by atoms with Gasteiger partial charge in [0.2, 0.25) is 0 Å².